The van der Waals surface area contributed by atoms with Gasteiger partial charge in [0.2, 0.25) is 0 Å². The number of fused-ring (bicyclic) bond motifs is 1. The van der Waals surface area contributed by atoms with Gasteiger partial charge in [0.15, 0.2) is 0 Å². The Morgan fingerprint density at radius 2 is 1.69 bits per heavy atom. The van der Waals surface area contributed by atoms with Gasteiger partial charge in [-0.05, 0) is 40.8 Å². The van der Waals surface area contributed by atoms with Crippen LogP contribution in [0.1, 0.15) is 11.1 Å². The fourth-order valence-electron chi connectivity index (χ4n) is 2.92. The summed E-state index contributed by atoms with van der Waals surface area (Å²) in [6.07, 6.45) is 1.82. The third-order valence-electron chi connectivity index (χ3n) is 4.23. The normalized spacial score (nSPS) is 11.2. The van der Waals surface area contributed by atoms with Crippen molar-refractivity contribution in [1.82, 2.24) is 0 Å². The summed E-state index contributed by atoms with van der Waals surface area (Å²) in [7, 11) is 3.99. The van der Waals surface area contributed by atoms with Crippen molar-refractivity contribution in [2.75, 3.05) is 19.0 Å². The number of nitro benzene ring substituents is 1. The van der Waals surface area contributed by atoms with Crippen LogP contribution in [0.2, 0.25) is 0 Å². The number of allylic oxidation sites excluding steroid dienone is 1. The van der Waals surface area contributed by atoms with E-state index in [0.717, 1.165) is 22.0 Å². The second-order valence-electron chi connectivity index (χ2n) is 6.09. The molecule has 3 aromatic carbocycles. The number of rotatable bonds is 4. The fourth-order valence-corrected chi connectivity index (χ4v) is 2.92. The summed E-state index contributed by atoms with van der Waals surface area (Å²) >= 11 is 0. The summed E-state index contributed by atoms with van der Waals surface area (Å²) in [6, 6.07) is 20.3. The molecular formula is C21H17N3O2. The maximum atomic E-state index is 10.8. The van der Waals surface area contributed by atoms with Crippen LogP contribution in [0.5, 0.6) is 0 Å². The number of nitro groups is 1. The summed E-state index contributed by atoms with van der Waals surface area (Å²) in [6.45, 7) is 0. The first-order chi connectivity index (χ1) is 12.5. The number of non-ortho nitro benzene ring substituents is 1. The Balaban J connectivity index is 2.12. The van der Waals surface area contributed by atoms with Crippen molar-refractivity contribution >= 4 is 33.8 Å². The SMILES string of the molecule is CN(C)c1ccc(C=C(C#N)c2ccc([N+](=O)[O-])cc2)c2ccccc12. The van der Waals surface area contributed by atoms with Crippen molar-refractivity contribution in [2.24, 2.45) is 0 Å². The van der Waals surface area contributed by atoms with Crippen LogP contribution < -0.4 is 4.90 Å². The van der Waals surface area contributed by atoms with Crippen LogP contribution in [-0.4, -0.2) is 19.0 Å². The first-order valence-corrected chi connectivity index (χ1v) is 8.07. The van der Waals surface area contributed by atoms with E-state index in [1.807, 2.05) is 50.5 Å². The molecule has 0 amide bonds. The summed E-state index contributed by atoms with van der Waals surface area (Å²) in [5, 5.41) is 22.5. The van der Waals surface area contributed by atoms with Crippen LogP contribution in [0.25, 0.3) is 22.4 Å². The van der Waals surface area contributed by atoms with Crippen molar-refractivity contribution in [3.63, 3.8) is 0 Å². The number of hydrogen-bond acceptors (Lipinski definition) is 4. The highest BCUT2D eigenvalue weighted by atomic mass is 16.6. The minimum absolute atomic E-state index is 0.00632. The van der Waals surface area contributed by atoms with E-state index >= 15 is 0 Å². The second kappa shape index (κ2) is 7.08. The lowest BCUT2D eigenvalue weighted by Gasteiger charge is -2.16. The largest absolute Gasteiger partial charge is 0.377 e. The van der Waals surface area contributed by atoms with Crippen molar-refractivity contribution in [3.8, 4) is 6.07 Å². The lowest BCUT2D eigenvalue weighted by molar-refractivity contribution is -0.384. The molecule has 0 aliphatic rings. The van der Waals surface area contributed by atoms with E-state index < -0.39 is 4.92 Å². The van der Waals surface area contributed by atoms with Gasteiger partial charge in [-0.15, -0.1) is 0 Å². The van der Waals surface area contributed by atoms with Gasteiger partial charge < -0.3 is 4.90 Å². The highest BCUT2D eigenvalue weighted by Crippen LogP contribution is 2.31. The molecule has 0 saturated carbocycles. The smallest absolute Gasteiger partial charge is 0.269 e. The zero-order valence-electron chi connectivity index (χ0n) is 14.5. The molecule has 0 aromatic heterocycles. The monoisotopic (exact) mass is 343 g/mol. The Labute approximate surface area is 151 Å². The van der Waals surface area contributed by atoms with E-state index in [-0.39, 0.29) is 5.69 Å². The van der Waals surface area contributed by atoms with E-state index in [2.05, 4.69) is 17.0 Å². The molecule has 0 fully saturated rings. The van der Waals surface area contributed by atoms with Gasteiger partial charge in [-0.3, -0.25) is 10.1 Å². The summed E-state index contributed by atoms with van der Waals surface area (Å²) in [4.78, 5) is 12.4. The Hall–Kier alpha value is -3.65. The molecule has 26 heavy (non-hydrogen) atoms. The third kappa shape index (κ3) is 3.26. The highest BCUT2D eigenvalue weighted by molar-refractivity contribution is 6.03. The number of benzene rings is 3. The Morgan fingerprint density at radius 1 is 1.04 bits per heavy atom. The van der Waals surface area contributed by atoms with Crippen molar-refractivity contribution in [3.05, 3.63) is 81.9 Å². The molecule has 0 unspecified atom stereocenters. The molecule has 3 aromatic rings. The Bertz CT molecular complexity index is 1050. The maximum Gasteiger partial charge on any atom is 0.269 e. The molecule has 0 heterocycles. The first-order valence-electron chi connectivity index (χ1n) is 8.07. The Kier molecular flexibility index (Phi) is 4.68. The molecule has 5 nitrogen and oxygen atoms in total. The second-order valence-corrected chi connectivity index (χ2v) is 6.09. The maximum absolute atomic E-state index is 10.8. The van der Waals surface area contributed by atoms with Gasteiger partial charge in [0.1, 0.15) is 0 Å². The number of anilines is 1. The van der Waals surface area contributed by atoms with E-state index in [0.29, 0.717) is 11.1 Å². The minimum atomic E-state index is -0.451. The van der Waals surface area contributed by atoms with E-state index in [4.69, 9.17) is 0 Å². The standard InChI is InChI=1S/C21H17N3O2/c1-23(2)21-12-9-16(19-5-3-4-6-20(19)21)13-17(14-22)15-7-10-18(11-8-15)24(25)26/h3-13H,1-2H3. The van der Waals surface area contributed by atoms with Gasteiger partial charge in [-0.1, -0.05) is 30.3 Å². The average Bonchev–Trinajstić information content (AvgIpc) is 2.65. The molecule has 0 aliphatic carbocycles. The Morgan fingerprint density at radius 3 is 2.27 bits per heavy atom. The molecule has 0 radical (unpaired) electrons. The predicted octanol–water partition coefficient (Wildman–Crippen LogP) is 4.88. The van der Waals surface area contributed by atoms with Gasteiger partial charge >= 0.3 is 0 Å². The molecule has 3 rings (SSSR count). The van der Waals surface area contributed by atoms with Crippen LogP contribution in [0.15, 0.2) is 60.7 Å². The predicted molar refractivity (Wildman–Crippen MR) is 105 cm³/mol. The molecular weight excluding hydrogens is 326 g/mol. The van der Waals surface area contributed by atoms with Crippen LogP contribution in [0, 0.1) is 21.4 Å². The molecule has 0 saturated heterocycles. The van der Waals surface area contributed by atoms with Gasteiger partial charge in [-0.25, -0.2) is 0 Å². The zero-order valence-corrected chi connectivity index (χ0v) is 14.5. The summed E-state index contributed by atoms with van der Waals surface area (Å²) in [5.74, 6) is 0. The van der Waals surface area contributed by atoms with Crippen LogP contribution >= 0.6 is 0 Å². The molecule has 128 valence electrons. The van der Waals surface area contributed by atoms with Crippen LogP contribution in [0.4, 0.5) is 11.4 Å². The molecule has 0 atom stereocenters. The average molecular weight is 343 g/mol. The van der Waals surface area contributed by atoms with Gasteiger partial charge in [0.05, 0.1) is 16.6 Å². The van der Waals surface area contributed by atoms with Crippen LogP contribution in [-0.2, 0) is 0 Å². The van der Waals surface area contributed by atoms with E-state index in [1.165, 1.54) is 12.1 Å². The van der Waals surface area contributed by atoms with Gasteiger partial charge in [0.25, 0.3) is 5.69 Å². The number of hydrogen-bond donors (Lipinski definition) is 0. The van der Waals surface area contributed by atoms with E-state index in [9.17, 15) is 15.4 Å². The zero-order chi connectivity index (χ0) is 18.7. The molecule has 0 spiro atoms. The summed E-state index contributed by atoms with van der Waals surface area (Å²) < 4.78 is 0. The van der Waals surface area contributed by atoms with Gasteiger partial charge in [0, 0.05) is 37.3 Å². The van der Waals surface area contributed by atoms with Crippen molar-refractivity contribution in [1.29, 1.82) is 5.26 Å². The van der Waals surface area contributed by atoms with Gasteiger partial charge in [-0.2, -0.15) is 5.26 Å². The minimum Gasteiger partial charge on any atom is -0.377 e. The lowest BCUT2D eigenvalue weighted by atomic mass is 9.98. The van der Waals surface area contributed by atoms with E-state index in [1.54, 1.807) is 12.1 Å². The van der Waals surface area contributed by atoms with Crippen molar-refractivity contribution < 1.29 is 4.92 Å². The molecule has 0 bridgehead atoms. The number of nitrogens with zero attached hydrogens (tertiary/aromatic N) is 3. The number of nitriles is 1. The quantitative estimate of drug-likeness (QED) is 0.293. The molecule has 5 heteroatoms. The lowest BCUT2D eigenvalue weighted by Crippen LogP contribution is -2.09. The topological polar surface area (TPSA) is 70.2 Å². The fraction of sp³-hybridized carbons (Fsp3) is 0.0952. The first kappa shape index (κ1) is 17.2. The molecule has 0 aliphatic heterocycles. The third-order valence-corrected chi connectivity index (χ3v) is 4.23. The highest BCUT2D eigenvalue weighted by Gasteiger charge is 2.09. The van der Waals surface area contributed by atoms with Crippen LogP contribution in [0.3, 0.4) is 0 Å². The molecule has 0 N–H and O–H groups in total. The van der Waals surface area contributed by atoms with Crippen molar-refractivity contribution in [2.45, 2.75) is 0 Å². The summed E-state index contributed by atoms with van der Waals surface area (Å²) in [5.41, 5.74) is 3.15.